The third-order valence-electron chi connectivity index (χ3n) is 2.30. The number of carboxylic acid groups (broad SMARTS) is 2. The van der Waals surface area contributed by atoms with Crippen LogP contribution in [0.4, 0.5) is 0 Å². The molecular weight excluding hydrogens is 286 g/mol. The molecule has 94 valence electrons. The summed E-state index contributed by atoms with van der Waals surface area (Å²) in [7, 11) is 0. The quantitative estimate of drug-likeness (QED) is 0.388. The summed E-state index contributed by atoms with van der Waals surface area (Å²) in [5, 5.41) is 17.3. The molecule has 1 atom stereocenters. The van der Waals surface area contributed by atoms with Gasteiger partial charge < -0.3 is 10.2 Å². The van der Waals surface area contributed by atoms with Gasteiger partial charge in [0, 0.05) is 103 Å². The Kier molecular flexibility index (Phi) is 23.6. The van der Waals surface area contributed by atoms with E-state index in [2.05, 4.69) is 6.92 Å². The number of hydrogen-bond donors (Lipinski definition) is 2. The molecule has 1 unspecified atom stereocenters. The zero-order valence-electron chi connectivity index (χ0n) is 11.7. The van der Waals surface area contributed by atoms with E-state index in [0.717, 1.165) is 19.3 Å². The van der Waals surface area contributed by atoms with E-state index in [1.54, 1.807) is 6.08 Å². The van der Waals surface area contributed by atoms with Crippen LogP contribution in [0.5, 0.6) is 0 Å². The van der Waals surface area contributed by atoms with Gasteiger partial charge in [0.25, 0.3) is 0 Å². The number of allylic oxidation sites excluding steroid dienone is 1. The fourth-order valence-electron chi connectivity index (χ4n) is 1.38. The topological polar surface area (TPSA) is 74.6 Å². The molecule has 0 rings (SSSR count). The molecule has 0 fully saturated rings. The summed E-state index contributed by atoms with van der Waals surface area (Å²) in [6.45, 7) is 2.13. The first-order valence-corrected chi connectivity index (χ1v) is 5.69. The number of hydrogen-bond acceptors (Lipinski definition) is 2. The predicted octanol–water partition coefficient (Wildman–Crippen LogP) is 1.93. The zero-order chi connectivity index (χ0) is 12.4. The van der Waals surface area contributed by atoms with Gasteiger partial charge in [0.15, 0.2) is 0 Å². The molecule has 0 aliphatic rings. The molecule has 4 nitrogen and oxygen atoms in total. The standard InChI is InChI=1S/C12H20O4.2K/c1-2-3-4-5-6-7-8-10(12(15)16)9-11(13)14;;/h7-8,10H,2-6,9H2,1H3,(H,13,14)(H,15,16);;. The number of rotatable bonds is 9. The summed E-state index contributed by atoms with van der Waals surface area (Å²) in [4.78, 5) is 21.1. The first-order chi connectivity index (χ1) is 7.57. The molecule has 0 spiro atoms. The number of aliphatic carboxylic acids is 2. The third-order valence-corrected chi connectivity index (χ3v) is 2.30. The number of carboxylic acids is 2. The second kappa shape index (κ2) is 17.0. The van der Waals surface area contributed by atoms with Gasteiger partial charge in [-0.05, 0) is 12.8 Å². The SMILES string of the molecule is CCCCCCC=CC(CC(=O)O)C(=O)O.[K].[K]. The van der Waals surface area contributed by atoms with Gasteiger partial charge in [0.05, 0.1) is 12.3 Å². The van der Waals surface area contributed by atoms with Gasteiger partial charge in [-0.3, -0.25) is 9.59 Å². The van der Waals surface area contributed by atoms with Crippen molar-refractivity contribution in [3.05, 3.63) is 12.2 Å². The summed E-state index contributed by atoms with van der Waals surface area (Å²) in [6, 6.07) is 0. The fourth-order valence-corrected chi connectivity index (χ4v) is 1.38. The van der Waals surface area contributed by atoms with Gasteiger partial charge >= 0.3 is 11.9 Å². The Hall–Kier alpha value is 1.95. The van der Waals surface area contributed by atoms with Crippen molar-refractivity contribution < 1.29 is 19.8 Å². The summed E-state index contributed by atoms with van der Waals surface area (Å²) < 4.78 is 0. The minimum absolute atomic E-state index is 0. The Bertz CT molecular complexity index is 254. The van der Waals surface area contributed by atoms with Crippen molar-refractivity contribution in [1.29, 1.82) is 0 Å². The van der Waals surface area contributed by atoms with Crippen LogP contribution in [0.2, 0.25) is 0 Å². The van der Waals surface area contributed by atoms with Crippen molar-refractivity contribution in [1.82, 2.24) is 0 Å². The van der Waals surface area contributed by atoms with Crippen molar-refractivity contribution in [3.8, 4) is 0 Å². The average Bonchev–Trinajstić information content (AvgIpc) is 2.20. The first-order valence-electron chi connectivity index (χ1n) is 5.69. The van der Waals surface area contributed by atoms with E-state index in [-0.39, 0.29) is 109 Å². The average molecular weight is 306 g/mol. The Morgan fingerprint density at radius 3 is 2.17 bits per heavy atom. The Balaban J connectivity index is -0.00000112. The first kappa shape index (κ1) is 24.9. The van der Waals surface area contributed by atoms with Crippen LogP contribution in [0.1, 0.15) is 45.4 Å². The van der Waals surface area contributed by atoms with Gasteiger partial charge in [0.2, 0.25) is 0 Å². The smallest absolute Gasteiger partial charge is 0.310 e. The number of carbonyl (C=O) groups is 2. The van der Waals surface area contributed by atoms with Gasteiger partial charge in [-0.15, -0.1) is 0 Å². The third kappa shape index (κ3) is 16.0. The minimum atomic E-state index is -1.08. The van der Waals surface area contributed by atoms with Crippen LogP contribution in [-0.4, -0.2) is 125 Å². The van der Waals surface area contributed by atoms with Crippen molar-refractivity contribution in [2.75, 3.05) is 0 Å². The molecular formula is C12H20K2O4. The van der Waals surface area contributed by atoms with Crippen molar-refractivity contribution in [2.24, 2.45) is 5.92 Å². The van der Waals surface area contributed by atoms with Crippen LogP contribution in [0.3, 0.4) is 0 Å². The summed E-state index contributed by atoms with van der Waals surface area (Å²) in [6.07, 6.45) is 8.26. The van der Waals surface area contributed by atoms with Gasteiger partial charge in [-0.25, -0.2) is 0 Å². The van der Waals surface area contributed by atoms with Crippen LogP contribution >= 0.6 is 0 Å². The molecule has 0 aromatic heterocycles. The van der Waals surface area contributed by atoms with Crippen LogP contribution in [0.15, 0.2) is 12.2 Å². The van der Waals surface area contributed by atoms with Gasteiger partial charge in [0.1, 0.15) is 0 Å². The van der Waals surface area contributed by atoms with Crippen LogP contribution < -0.4 is 0 Å². The molecule has 0 saturated carbocycles. The molecule has 0 bridgehead atoms. The second-order valence-corrected chi connectivity index (χ2v) is 3.82. The molecule has 2 N–H and O–H groups in total. The molecule has 0 aromatic carbocycles. The molecule has 6 heteroatoms. The Morgan fingerprint density at radius 2 is 1.72 bits per heavy atom. The molecule has 0 heterocycles. The fraction of sp³-hybridized carbons (Fsp3) is 0.667. The summed E-state index contributed by atoms with van der Waals surface area (Å²) >= 11 is 0. The summed E-state index contributed by atoms with van der Waals surface area (Å²) in [5.74, 6) is -3.06. The minimum Gasteiger partial charge on any atom is -0.481 e. The number of unbranched alkanes of at least 4 members (excludes halogenated alkanes) is 4. The Morgan fingerprint density at radius 1 is 1.11 bits per heavy atom. The monoisotopic (exact) mass is 306 g/mol. The molecule has 18 heavy (non-hydrogen) atoms. The molecule has 0 aromatic rings. The molecule has 0 aliphatic heterocycles. The van der Waals surface area contributed by atoms with Crippen molar-refractivity contribution in [2.45, 2.75) is 45.4 Å². The van der Waals surface area contributed by atoms with E-state index in [9.17, 15) is 9.59 Å². The van der Waals surface area contributed by atoms with Gasteiger partial charge in [-0.2, -0.15) is 0 Å². The Labute approximate surface area is 194 Å². The molecule has 0 saturated heterocycles. The van der Waals surface area contributed by atoms with Crippen molar-refractivity contribution in [3.63, 3.8) is 0 Å². The maximum atomic E-state index is 10.7. The van der Waals surface area contributed by atoms with Crippen LogP contribution in [0.25, 0.3) is 0 Å². The van der Waals surface area contributed by atoms with E-state index in [0.29, 0.717) is 0 Å². The van der Waals surface area contributed by atoms with E-state index in [1.165, 1.54) is 18.9 Å². The van der Waals surface area contributed by atoms with E-state index >= 15 is 0 Å². The van der Waals surface area contributed by atoms with E-state index in [4.69, 9.17) is 10.2 Å². The van der Waals surface area contributed by atoms with Crippen molar-refractivity contribution >= 4 is 115 Å². The van der Waals surface area contributed by atoms with Crippen LogP contribution in [-0.2, 0) is 9.59 Å². The van der Waals surface area contributed by atoms with Gasteiger partial charge in [-0.1, -0.05) is 38.3 Å². The molecule has 2 radical (unpaired) electrons. The molecule has 0 amide bonds. The van der Waals surface area contributed by atoms with E-state index < -0.39 is 17.9 Å². The molecule has 0 aliphatic carbocycles. The van der Waals surface area contributed by atoms with Crippen LogP contribution in [0, 0.1) is 5.92 Å². The largest absolute Gasteiger partial charge is 0.481 e. The zero-order valence-corrected chi connectivity index (χ0v) is 17.9. The second-order valence-electron chi connectivity index (χ2n) is 3.82. The summed E-state index contributed by atoms with van der Waals surface area (Å²) in [5.41, 5.74) is 0. The predicted molar refractivity (Wildman–Crippen MR) is 72.8 cm³/mol. The maximum Gasteiger partial charge on any atom is 0.310 e. The maximum absolute atomic E-state index is 10.7. The van der Waals surface area contributed by atoms with E-state index in [1.807, 2.05) is 0 Å². The normalized spacial score (nSPS) is 11.4.